The Morgan fingerprint density at radius 1 is 1.35 bits per heavy atom. The van der Waals surface area contributed by atoms with Gasteiger partial charge in [0.05, 0.1) is 5.75 Å². The van der Waals surface area contributed by atoms with Crippen LogP contribution in [0, 0.1) is 5.82 Å². The first-order chi connectivity index (χ1) is 10.9. The van der Waals surface area contributed by atoms with Crippen LogP contribution in [0.1, 0.15) is 31.7 Å². The van der Waals surface area contributed by atoms with Crippen molar-refractivity contribution < 1.29 is 17.6 Å². The van der Waals surface area contributed by atoms with E-state index in [-0.39, 0.29) is 30.1 Å². The molecular weight excluding hydrogens is 319 g/mol. The fourth-order valence-corrected chi connectivity index (χ4v) is 3.42. The zero-order valence-electron chi connectivity index (χ0n) is 13.3. The molecule has 5 nitrogen and oxygen atoms in total. The van der Waals surface area contributed by atoms with Gasteiger partial charge in [0.15, 0.2) is 0 Å². The van der Waals surface area contributed by atoms with Gasteiger partial charge in [0.2, 0.25) is 15.9 Å². The first-order valence-electron chi connectivity index (χ1n) is 7.92. The average Bonchev–Trinajstić information content (AvgIpc) is 2.52. The van der Waals surface area contributed by atoms with Crippen molar-refractivity contribution >= 4 is 15.9 Å². The molecular formula is C16H23FN2O3S. The summed E-state index contributed by atoms with van der Waals surface area (Å²) in [5, 5.41) is 0. The van der Waals surface area contributed by atoms with E-state index in [4.69, 9.17) is 0 Å². The Hall–Kier alpha value is -1.47. The lowest BCUT2D eigenvalue weighted by Crippen LogP contribution is -2.50. The Balaban J connectivity index is 2.14. The summed E-state index contributed by atoms with van der Waals surface area (Å²) in [6, 6.07) is 5.90. The maximum atomic E-state index is 13.4. The van der Waals surface area contributed by atoms with Crippen molar-refractivity contribution in [1.29, 1.82) is 0 Å². The van der Waals surface area contributed by atoms with Gasteiger partial charge < -0.3 is 4.90 Å². The molecule has 0 radical (unpaired) electrons. The molecule has 1 saturated heterocycles. The normalized spacial score (nSPS) is 17.3. The van der Waals surface area contributed by atoms with Crippen molar-refractivity contribution in [3.8, 4) is 0 Å². The molecule has 0 saturated carbocycles. The Kier molecular flexibility index (Phi) is 6.12. The van der Waals surface area contributed by atoms with E-state index in [9.17, 15) is 17.6 Å². The molecule has 1 unspecified atom stereocenters. The summed E-state index contributed by atoms with van der Waals surface area (Å²) in [5.41, 5.74) is 0.754. The van der Waals surface area contributed by atoms with Gasteiger partial charge in [-0.15, -0.1) is 0 Å². The lowest BCUT2D eigenvalue weighted by atomic mass is 10.0. The number of rotatable bonds is 7. The van der Waals surface area contributed by atoms with Crippen molar-refractivity contribution in [3.63, 3.8) is 0 Å². The van der Waals surface area contributed by atoms with Crippen LogP contribution in [-0.4, -0.2) is 44.1 Å². The molecule has 1 aromatic carbocycles. The number of hydrogen-bond donors (Lipinski definition) is 1. The highest BCUT2D eigenvalue weighted by Gasteiger charge is 2.27. The number of carbonyl (C=O) groups is 1. The monoisotopic (exact) mass is 342 g/mol. The Morgan fingerprint density at radius 2 is 2.13 bits per heavy atom. The largest absolute Gasteiger partial charge is 0.338 e. The lowest BCUT2D eigenvalue weighted by Gasteiger charge is -2.35. The second-order valence-electron chi connectivity index (χ2n) is 5.78. The van der Waals surface area contributed by atoms with E-state index in [1.165, 1.54) is 12.1 Å². The topological polar surface area (TPSA) is 66.5 Å². The molecule has 0 bridgehead atoms. The van der Waals surface area contributed by atoms with Crippen LogP contribution in [0.4, 0.5) is 4.39 Å². The van der Waals surface area contributed by atoms with Crippen molar-refractivity contribution in [2.45, 2.75) is 38.6 Å². The van der Waals surface area contributed by atoms with Crippen molar-refractivity contribution in [3.05, 3.63) is 35.6 Å². The van der Waals surface area contributed by atoms with Gasteiger partial charge in [0.1, 0.15) is 5.82 Å². The van der Waals surface area contributed by atoms with Crippen LogP contribution < -0.4 is 4.72 Å². The van der Waals surface area contributed by atoms with E-state index >= 15 is 0 Å². The van der Waals surface area contributed by atoms with Crippen molar-refractivity contribution in [2.75, 3.05) is 18.8 Å². The second kappa shape index (κ2) is 7.88. The number of amides is 1. The van der Waals surface area contributed by atoms with E-state index in [2.05, 4.69) is 4.72 Å². The zero-order valence-corrected chi connectivity index (χ0v) is 14.1. The summed E-state index contributed by atoms with van der Waals surface area (Å²) in [4.78, 5) is 13.9. The number of likely N-dealkylation sites (tertiary alicyclic amines) is 1. The molecule has 1 fully saturated rings. The van der Waals surface area contributed by atoms with Crippen LogP contribution in [-0.2, 0) is 21.2 Å². The number of piperidine rings is 1. The van der Waals surface area contributed by atoms with Crippen LogP contribution in [0.25, 0.3) is 0 Å². The van der Waals surface area contributed by atoms with E-state index in [1.54, 1.807) is 24.0 Å². The van der Waals surface area contributed by atoms with E-state index in [0.29, 0.717) is 19.4 Å². The molecule has 23 heavy (non-hydrogen) atoms. The van der Waals surface area contributed by atoms with Crippen LogP contribution in [0.15, 0.2) is 24.3 Å². The van der Waals surface area contributed by atoms with E-state index < -0.39 is 10.0 Å². The first-order valence-corrected chi connectivity index (χ1v) is 9.58. The molecule has 0 spiro atoms. The molecule has 1 aliphatic rings. The van der Waals surface area contributed by atoms with Crippen LogP contribution >= 0.6 is 0 Å². The number of carbonyl (C=O) groups excluding carboxylic acids is 1. The molecule has 0 aliphatic carbocycles. The zero-order chi connectivity index (χ0) is 16.9. The minimum absolute atomic E-state index is 0.00632. The molecule has 1 N–H and O–H groups in total. The predicted octanol–water partition coefficient (Wildman–Crippen LogP) is 1.69. The summed E-state index contributed by atoms with van der Waals surface area (Å²) in [5.74, 6) is -0.304. The number of nitrogens with zero attached hydrogens (tertiary/aromatic N) is 1. The van der Waals surface area contributed by atoms with Gasteiger partial charge in [-0.05, 0) is 43.9 Å². The summed E-state index contributed by atoms with van der Waals surface area (Å²) >= 11 is 0. The van der Waals surface area contributed by atoms with Crippen LogP contribution in [0.5, 0.6) is 0 Å². The van der Waals surface area contributed by atoms with E-state index in [1.807, 2.05) is 0 Å². The third-order valence-electron chi connectivity index (χ3n) is 4.08. The average molecular weight is 342 g/mol. The Morgan fingerprint density at radius 3 is 2.78 bits per heavy atom. The van der Waals surface area contributed by atoms with Crippen LogP contribution in [0.3, 0.4) is 0 Å². The van der Waals surface area contributed by atoms with Gasteiger partial charge in [-0.3, -0.25) is 4.79 Å². The van der Waals surface area contributed by atoms with Crippen molar-refractivity contribution in [1.82, 2.24) is 9.62 Å². The molecule has 1 amide bonds. The highest BCUT2D eigenvalue weighted by Crippen LogP contribution is 2.17. The second-order valence-corrected chi connectivity index (χ2v) is 7.88. The molecule has 128 valence electrons. The minimum Gasteiger partial charge on any atom is -0.338 e. The van der Waals surface area contributed by atoms with Gasteiger partial charge in [-0.1, -0.05) is 12.1 Å². The van der Waals surface area contributed by atoms with Gasteiger partial charge in [-0.25, -0.2) is 17.5 Å². The minimum atomic E-state index is -3.33. The molecule has 1 atom stereocenters. The van der Waals surface area contributed by atoms with Crippen LogP contribution in [0.2, 0.25) is 0 Å². The Bertz CT molecular complexity index is 648. The highest BCUT2D eigenvalue weighted by molar-refractivity contribution is 7.89. The summed E-state index contributed by atoms with van der Waals surface area (Å²) in [6.45, 7) is 2.33. The van der Waals surface area contributed by atoms with E-state index in [0.717, 1.165) is 18.4 Å². The lowest BCUT2D eigenvalue weighted by molar-refractivity contribution is -0.135. The number of benzene rings is 1. The summed E-state index contributed by atoms with van der Waals surface area (Å²) in [7, 11) is -3.33. The maximum Gasteiger partial charge on any atom is 0.222 e. The smallest absolute Gasteiger partial charge is 0.222 e. The number of halogens is 1. The van der Waals surface area contributed by atoms with Gasteiger partial charge in [0, 0.05) is 25.6 Å². The highest BCUT2D eigenvalue weighted by atomic mass is 32.2. The molecule has 1 heterocycles. The standard InChI is InChI=1S/C16H23FN2O3S/c1-2-23(21,22)18-12-15(19-9-4-3-8-16(19)20)11-13-6-5-7-14(17)10-13/h5-7,10,15,18H,2-4,8-9,11-12H2,1H3. The fourth-order valence-electron chi connectivity index (χ4n) is 2.77. The molecule has 7 heteroatoms. The predicted molar refractivity (Wildman–Crippen MR) is 86.9 cm³/mol. The van der Waals surface area contributed by atoms with Gasteiger partial charge in [0.25, 0.3) is 0 Å². The third kappa shape index (κ3) is 5.28. The summed E-state index contributed by atoms with van der Waals surface area (Å²) < 4.78 is 39.3. The molecule has 1 aromatic rings. The molecule has 0 aromatic heterocycles. The first kappa shape index (κ1) is 17.9. The fraction of sp³-hybridized carbons (Fsp3) is 0.562. The van der Waals surface area contributed by atoms with Gasteiger partial charge >= 0.3 is 0 Å². The third-order valence-corrected chi connectivity index (χ3v) is 5.45. The number of hydrogen-bond acceptors (Lipinski definition) is 3. The maximum absolute atomic E-state index is 13.4. The van der Waals surface area contributed by atoms with Gasteiger partial charge in [-0.2, -0.15) is 0 Å². The summed E-state index contributed by atoms with van der Waals surface area (Å²) in [6.07, 6.45) is 2.69. The quantitative estimate of drug-likeness (QED) is 0.820. The number of nitrogens with one attached hydrogen (secondary N) is 1. The molecule has 1 aliphatic heterocycles. The van der Waals surface area contributed by atoms with Crippen molar-refractivity contribution in [2.24, 2.45) is 0 Å². The Labute approximate surface area is 136 Å². The number of sulfonamides is 1. The SMILES string of the molecule is CCS(=O)(=O)NCC(Cc1cccc(F)c1)N1CCCCC1=O. The molecule has 2 rings (SSSR count).